The molecular formula is C20H21ClFN5O2. The summed E-state index contributed by atoms with van der Waals surface area (Å²) in [4.78, 5) is 8.49. The van der Waals surface area contributed by atoms with Crippen LogP contribution in [0.5, 0.6) is 5.75 Å². The van der Waals surface area contributed by atoms with E-state index in [1.807, 2.05) is 19.1 Å². The molecule has 0 fully saturated rings. The van der Waals surface area contributed by atoms with E-state index in [0.29, 0.717) is 41.5 Å². The van der Waals surface area contributed by atoms with Crippen molar-refractivity contribution in [1.29, 1.82) is 0 Å². The highest BCUT2D eigenvalue weighted by atomic mass is 35.5. The minimum absolute atomic E-state index is 0.199. The molecule has 0 aliphatic heterocycles. The van der Waals surface area contributed by atoms with Crippen molar-refractivity contribution in [3.05, 3.63) is 65.3 Å². The highest BCUT2D eigenvalue weighted by Crippen LogP contribution is 2.18. The molecule has 0 saturated carbocycles. The van der Waals surface area contributed by atoms with E-state index < -0.39 is 0 Å². The number of nitrogens with one attached hydrogen (secondary N) is 2. The molecule has 29 heavy (non-hydrogen) atoms. The van der Waals surface area contributed by atoms with Crippen molar-refractivity contribution in [3.63, 3.8) is 0 Å². The lowest BCUT2D eigenvalue weighted by molar-refractivity contribution is 0.223. The fourth-order valence-electron chi connectivity index (χ4n) is 2.48. The number of rotatable bonds is 7. The molecule has 1 unspecified atom stereocenters. The van der Waals surface area contributed by atoms with E-state index in [1.54, 1.807) is 31.3 Å². The average Bonchev–Trinajstić information content (AvgIpc) is 3.17. The second-order valence-electron chi connectivity index (χ2n) is 6.21. The largest absolute Gasteiger partial charge is 0.489 e. The van der Waals surface area contributed by atoms with Crippen molar-refractivity contribution in [1.82, 2.24) is 20.8 Å². The Hall–Kier alpha value is -3.13. The fourth-order valence-corrected chi connectivity index (χ4v) is 2.60. The van der Waals surface area contributed by atoms with Crippen molar-refractivity contribution < 1.29 is 13.7 Å². The van der Waals surface area contributed by atoms with E-state index in [1.165, 1.54) is 12.1 Å². The van der Waals surface area contributed by atoms with Gasteiger partial charge < -0.3 is 19.9 Å². The van der Waals surface area contributed by atoms with Crippen LogP contribution in [0.4, 0.5) is 4.39 Å². The molecule has 7 nitrogen and oxygen atoms in total. The molecule has 152 valence electrons. The highest BCUT2D eigenvalue weighted by Gasteiger charge is 2.10. The Kier molecular flexibility index (Phi) is 7.02. The Balaban J connectivity index is 1.47. The minimum atomic E-state index is -0.335. The van der Waals surface area contributed by atoms with Crippen LogP contribution in [-0.4, -0.2) is 35.8 Å². The molecule has 1 aromatic heterocycles. The van der Waals surface area contributed by atoms with Gasteiger partial charge in [0.1, 0.15) is 17.7 Å². The number of hydrogen-bond donors (Lipinski definition) is 2. The van der Waals surface area contributed by atoms with Gasteiger partial charge in [0.15, 0.2) is 5.96 Å². The van der Waals surface area contributed by atoms with Crippen LogP contribution in [0.2, 0.25) is 5.02 Å². The van der Waals surface area contributed by atoms with E-state index in [-0.39, 0.29) is 11.9 Å². The van der Waals surface area contributed by atoms with Gasteiger partial charge in [-0.05, 0) is 43.3 Å². The predicted octanol–water partition coefficient (Wildman–Crippen LogP) is 3.66. The van der Waals surface area contributed by atoms with Crippen LogP contribution in [0.25, 0.3) is 11.4 Å². The van der Waals surface area contributed by atoms with Crippen LogP contribution in [-0.2, 0) is 6.54 Å². The molecule has 9 heteroatoms. The van der Waals surface area contributed by atoms with Gasteiger partial charge in [0, 0.05) is 23.7 Å². The van der Waals surface area contributed by atoms with Crippen LogP contribution >= 0.6 is 11.6 Å². The Morgan fingerprint density at radius 3 is 2.76 bits per heavy atom. The number of hydrogen-bond acceptors (Lipinski definition) is 5. The minimum Gasteiger partial charge on any atom is -0.489 e. The summed E-state index contributed by atoms with van der Waals surface area (Å²) in [6.45, 7) is 2.65. The van der Waals surface area contributed by atoms with Crippen LogP contribution in [0.15, 0.2) is 58.0 Å². The van der Waals surface area contributed by atoms with Gasteiger partial charge in [-0.25, -0.2) is 4.39 Å². The van der Waals surface area contributed by atoms with Gasteiger partial charge >= 0.3 is 0 Å². The van der Waals surface area contributed by atoms with Crippen LogP contribution in [0, 0.1) is 5.82 Å². The lowest BCUT2D eigenvalue weighted by Gasteiger charge is -2.17. The second-order valence-corrected chi connectivity index (χ2v) is 6.65. The third-order valence-electron chi connectivity index (χ3n) is 3.89. The molecule has 1 heterocycles. The lowest BCUT2D eigenvalue weighted by atomic mass is 10.2. The van der Waals surface area contributed by atoms with Crippen molar-refractivity contribution in [2.75, 3.05) is 13.6 Å². The van der Waals surface area contributed by atoms with E-state index in [9.17, 15) is 4.39 Å². The maximum absolute atomic E-state index is 13.2. The standard InChI is InChI=1S/C20H21ClFN5O2/c1-13(28-17-5-3-4-16(22)10-17)11-24-20(23-2)25-12-18-26-19(27-29-18)14-6-8-15(21)9-7-14/h3-10,13H,11-12H2,1-2H3,(H2,23,24,25). The summed E-state index contributed by atoms with van der Waals surface area (Å²) >= 11 is 5.89. The smallest absolute Gasteiger partial charge is 0.246 e. The number of ether oxygens (including phenoxy) is 1. The average molecular weight is 418 g/mol. The first-order valence-corrected chi connectivity index (χ1v) is 9.36. The number of benzene rings is 2. The maximum atomic E-state index is 13.2. The van der Waals surface area contributed by atoms with Gasteiger partial charge in [-0.1, -0.05) is 22.8 Å². The summed E-state index contributed by atoms with van der Waals surface area (Å²) in [5, 5.41) is 10.8. The molecule has 3 aromatic rings. The SMILES string of the molecule is CN=C(NCc1nc(-c2ccc(Cl)cc2)no1)NCC(C)Oc1cccc(F)c1. The summed E-state index contributed by atoms with van der Waals surface area (Å²) in [7, 11) is 1.65. The third-order valence-corrected chi connectivity index (χ3v) is 4.14. The van der Waals surface area contributed by atoms with E-state index >= 15 is 0 Å². The molecule has 0 amide bonds. The number of aromatic nitrogens is 2. The third kappa shape index (κ3) is 6.18. The zero-order valence-electron chi connectivity index (χ0n) is 16.0. The Bertz CT molecular complexity index is 962. The van der Waals surface area contributed by atoms with Crippen molar-refractivity contribution in [3.8, 4) is 17.1 Å². The molecule has 1 atom stereocenters. The van der Waals surface area contributed by atoms with Crippen molar-refractivity contribution in [2.24, 2.45) is 4.99 Å². The Morgan fingerprint density at radius 1 is 1.24 bits per heavy atom. The number of aliphatic imine (C=N–C) groups is 1. The molecule has 0 aliphatic carbocycles. The van der Waals surface area contributed by atoms with Gasteiger partial charge in [-0.3, -0.25) is 4.99 Å². The quantitative estimate of drug-likeness (QED) is 0.451. The second kappa shape index (κ2) is 9.88. The monoisotopic (exact) mass is 417 g/mol. The van der Waals surface area contributed by atoms with Crippen LogP contribution < -0.4 is 15.4 Å². The summed E-state index contributed by atoms with van der Waals surface area (Å²) < 4.78 is 24.2. The number of halogens is 2. The molecule has 0 radical (unpaired) electrons. The molecule has 2 aromatic carbocycles. The van der Waals surface area contributed by atoms with Crippen LogP contribution in [0.3, 0.4) is 0 Å². The summed E-state index contributed by atoms with van der Waals surface area (Å²) in [5.41, 5.74) is 0.815. The summed E-state index contributed by atoms with van der Waals surface area (Å²) in [6.07, 6.45) is -0.199. The van der Waals surface area contributed by atoms with Gasteiger partial charge in [0.25, 0.3) is 0 Å². The van der Waals surface area contributed by atoms with Gasteiger partial charge in [-0.15, -0.1) is 0 Å². The molecule has 2 N–H and O–H groups in total. The normalized spacial score (nSPS) is 12.5. The zero-order chi connectivity index (χ0) is 20.6. The van der Waals surface area contributed by atoms with Gasteiger partial charge in [-0.2, -0.15) is 4.98 Å². The van der Waals surface area contributed by atoms with E-state index in [0.717, 1.165) is 5.56 Å². The van der Waals surface area contributed by atoms with Crippen molar-refractivity contribution >= 4 is 17.6 Å². The molecule has 0 saturated heterocycles. The van der Waals surface area contributed by atoms with Gasteiger partial charge in [0.2, 0.25) is 11.7 Å². The molecule has 0 bridgehead atoms. The predicted molar refractivity (Wildman–Crippen MR) is 109 cm³/mol. The lowest BCUT2D eigenvalue weighted by Crippen LogP contribution is -2.41. The molecule has 0 aliphatic rings. The zero-order valence-corrected chi connectivity index (χ0v) is 16.8. The van der Waals surface area contributed by atoms with Crippen LogP contribution in [0.1, 0.15) is 12.8 Å². The first-order chi connectivity index (χ1) is 14.0. The Morgan fingerprint density at radius 2 is 2.03 bits per heavy atom. The fraction of sp³-hybridized carbons (Fsp3) is 0.250. The highest BCUT2D eigenvalue weighted by molar-refractivity contribution is 6.30. The number of nitrogens with zero attached hydrogens (tertiary/aromatic N) is 3. The Labute approximate surface area is 172 Å². The topological polar surface area (TPSA) is 84.6 Å². The summed E-state index contributed by atoms with van der Waals surface area (Å²) in [6, 6.07) is 13.2. The maximum Gasteiger partial charge on any atom is 0.246 e. The summed E-state index contributed by atoms with van der Waals surface area (Å²) in [5.74, 6) is 1.59. The van der Waals surface area contributed by atoms with Crippen molar-refractivity contribution in [2.45, 2.75) is 19.6 Å². The first-order valence-electron chi connectivity index (χ1n) is 8.99. The first kappa shape index (κ1) is 20.6. The molecular weight excluding hydrogens is 397 g/mol. The molecule has 0 spiro atoms. The number of guanidine groups is 1. The van der Waals surface area contributed by atoms with E-state index in [2.05, 4.69) is 25.8 Å². The van der Waals surface area contributed by atoms with Gasteiger partial charge in [0.05, 0.1) is 13.1 Å². The van der Waals surface area contributed by atoms with E-state index in [4.69, 9.17) is 20.9 Å². The molecule has 3 rings (SSSR count).